The maximum absolute atomic E-state index is 13.0. The molecule has 0 aliphatic rings. The third-order valence-electron chi connectivity index (χ3n) is 7.09. The fraction of sp³-hybridized carbons (Fsp3) is 0.111. The van der Waals surface area contributed by atoms with Crippen LogP contribution in [0.1, 0.15) is 22.3 Å². The number of carbonyl (C=O) groups excluding carboxylic acids is 1. The summed E-state index contributed by atoms with van der Waals surface area (Å²) in [6.45, 7) is 2.69. The van der Waals surface area contributed by atoms with Crippen LogP contribution < -0.4 is 19.5 Å². The normalized spacial score (nSPS) is 11.2. The van der Waals surface area contributed by atoms with Crippen molar-refractivity contribution in [3.05, 3.63) is 132 Å². The van der Waals surface area contributed by atoms with Gasteiger partial charge in [-0.2, -0.15) is 5.26 Å². The van der Waals surface area contributed by atoms with E-state index in [4.69, 9.17) is 37.4 Å². The van der Waals surface area contributed by atoms with Gasteiger partial charge >= 0.3 is 0 Å². The molecule has 6 nitrogen and oxygen atoms in total. The molecular formula is C36H27Cl2IN2O4. The Bertz CT molecular complexity index is 1950. The van der Waals surface area contributed by atoms with E-state index in [0.717, 1.165) is 31.0 Å². The summed E-state index contributed by atoms with van der Waals surface area (Å²) in [7, 11) is 1.56. The Morgan fingerprint density at radius 2 is 1.73 bits per heavy atom. The summed E-state index contributed by atoms with van der Waals surface area (Å²) in [5.74, 6) is 1.14. The van der Waals surface area contributed by atoms with Crippen LogP contribution in [-0.2, 0) is 18.0 Å². The maximum Gasteiger partial charge on any atom is 0.266 e. The fourth-order valence-electron chi connectivity index (χ4n) is 4.69. The van der Waals surface area contributed by atoms with Crippen molar-refractivity contribution < 1.29 is 19.0 Å². The summed E-state index contributed by atoms with van der Waals surface area (Å²) < 4.78 is 18.5. The van der Waals surface area contributed by atoms with Crippen molar-refractivity contribution in [3.8, 4) is 23.3 Å². The first-order chi connectivity index (χ1) is 21.7. The van der Waals surface area contributed by atoms with Crippen LogP contribution in [0.25, 0.3) is 16.8 Å². The van der Waals surface area contributed by atoms with E-state index < -0.39 is 5.91 Å². The lowest BCUT2D eigenvalue weighted by Crippen LogP contribution is -2.13. The number of nitriles is 1. The van der Waals surface area contributed by atoms with E-state index in [9.17, 15) is 10.1 Å². The summed E-state index contributed by atoms with van der Waals surface area (Å²) in [5.41, 5.74) is 4.11. The lowest BCUT2D eigenvalue weighted by molar-refractivity contribution is -0.112. The fourth-order valence-corrected chi connectivity index (χ4v) is 5.94. The number of amides is 1. The molecule has 9 heteroatoms. The topological polar surface area (TPSA) is 80.6 Å². The van der Waals surface area contributed by atoms with Crippen molar-refractivity contribution >= 4 is 74.2 Å². The highest BCUT2D eigenvalue weighted by atomic mass is 127. The van der Waals surface area contributed by atoms with Crippen LogP contribution in [0.15, 0.2) is 96.6 Å². The van der Waals surface area contributed by atoms with E-state index in [1.165, 1.54) is 6.08 Å². The third-order valence-corrected chi connectivity index (χ3v) is 8.47. The first-order valence-electron chi connectivity index (χ1n) is 13.8. The number of hydrogen-bond donors (Lipinski definition) is 1. The maximum atomic E-state index is 13.0. The highest BCUT2D eigenvalue weighted by Gasteiger charge is 2.16. The Morgan fingerprint density at radius 1 is 0.956 bits per heavy atom. The van der Waals surface area contributed by atoms with E-state index in [1.807, 2.05) is 24.3 Å². The summed E-state index contributed by atoms with van der Waals surface area (Å²) in [6.07, 6.45) is 1.52. The molecule has 0 radical (unpaired) electrons. The number of hydrogen-bond acceptors (Lipinski definition) is 5. The van der Waals surface area contributed by atoms with Gasteiger partial charge in [-0.05, 0) is 106 Å². The Labute approximate surface area is 285 Å². The van der Waals surface area contributed by atoms with Crippen LogP contribution in [-0.4, -0.2) is 13.0 Å². The lowest BCUT2D eigenvalue weighted by Gasteiger charge is -2.16. The van der Waals surface area contributed by atoms with Crippen LogP contribution >= 0.6 is 45.8 Å². The summed E-state index contributed by atoms with van der Waals surface area (Å²) in [4.78, 5) is 13.0. The van der Waals surface area contributed by atoms with Crippen LogP contribution in [0.5, 0.6) is 17.2 Å². The van der Waals surface area contributed by atoms with Crippen molar-refractivity contribution in [2.75, 3.05) is 12.4 Å². The Balaban J connectivity index is 1.27. The first kappa shape index (κ1) is 32.2. The van der Waals surface area contributed by atoms with Gasteiger partial charge in [0.25, 0.3) is 5.91 Å². The zero-order valence-electron chi connectivity index (χ0n) is 24.4. The van der Waals surface area contributed by atoms with E-state index in [1.54, 1.807) is 55.6 Å². The van der Waals surface area contributed by atoms with E-state index >= 15 is 0 Å². The summed E-state index contributed by atoms with van der Waals surface area (Å²) in [6, 6.07) is 30.0. The van der Waals surface area contributed by atoms with E-state index in [-0.39, 0.29) is 12.2 Å². The smallest absolute Gasteiger partial charge is 0.266 e. The Kier molecular flexibility index (Phi) is 10.5. The van der Waals surface area contributed by atoms with Crippen molar-refractivity contribution in [3.63, 3.8) is 0 Å². The van der Waals surface area contributed by atoms with Gasteiger partial charge in [0, 0.05) is 26.9 Å². The van der Waals surface area contributed by atoms with Crippen molar-refractivity contribution in [2.24, 2.45) is 0 Å². The number of aryl methyl sites for hydroxylation is 1. The zero-order valence-corrected chi connectivity index (χ0v) is 28.0. The highest BCUT2D eigenvalue weighted by Crippen LogP contribution is 2.36. The number of nitrogens with one attached hydrogen (secondary N) is 1. The quantitative estimate of drug-likeness (QED) is 0.0874. The monoisotopic (exact) mass is 748 g/mol. The molecule has 5 aromatic carbocycles. The molecule has 45 heavy (non-hydrogen) atoms. The summed E-state index contributed by atoms with van der Waals surface area (Å²) >= 11 is 14.3. The van der Waals surface area contributed by atoms with Crippen LogP contribution in [0.3, 0.4) is 0 Å². The zero-order chi connectivity index (χ0) is 31.9. The van der Waals surface area contributed by atoms with Crippen molar-refractivity contribution in [1.82, 2.24) is 0 Å². The number of carbonyl (C=O) groups is 1. The molecule has 0 aliphatic heterocycles. The predicted octanol–water partition coefficient (Wildman–Crippen LogP) is 9.77. The second-order valence-corrected chi connectivity index (χ2v) is 12.1. The minimum absolute atomic E-state index is 0.0643. The third kappa shape index (κ3) is 7.90. The molecule has 5 rings (SSSR count). The summed E-state index contributed by atoms with van der Waals surface area (Å²) in [5, 5.41) is 15.9. The molecule has 1 amide bonds. The molecule has 0 unspecified atom stereocenters. The first-order valence-corrected chi connectivity index (χ1v) is 15.7. The van der Waals surface area contributed by atoms with Crippen molar-refractivity contribution in [1.29, 1.82) is 5.26 Å². The number of nitrogens with zero attached hydrogens (tertiary/aromatic N) is 1. The molecule has 0 saturated carbocycles. The number of methoxy groups -OCH3 is 1. The predicted molar refractivity (Wildman–Crippen MR) is 188 cm³/mol. The number of ether oxygens (including phenoxy) is 3. The minimum atomic E-state index is -0.542. The highest BCUT2D eigenvalue weighted by molar-refractivity contribution is 14.1. The second kappa shape index (κ2) is 14.7. The number of rotatable bonds is 10. The Hall–Kier alpha value is -4.23. The minimum Gasteiger partial charge on any atom is -0.493 e. The van der Waals surface area contributed by atoms with Crippen molar-refractivity contribution in [2.45, 2.75) is 20.1 Å². The standard InChI is InChI=1S/C36H27Cl2IN2O4/c1-22-7-8-24-5-3-4-6-30(24)31(22)21-45-35-33(39)16-23(17-34(35)43-2)15-26(19-40)36(42)41-28-11-13-29(14-12-28)44-20-25-9-10-27(37)18-32(25)38/h3-18H,20-21H2,1-2H3,(H,41,42)/b26-15+. The SMILES string of the molecule is COc1cc(/C=C(\C#N)C(=O)Nc2ccc(OCc3ccc(Cl)cc3Cl)cc2)cc(I)c1OCc1c(C)ccc2ccccc12. The van der Waals surface area contributed by atoms with Gasteiger partial charge in [-0.3, -0.25) is 4.79 Å². The molecule has 0 saturated heterocycles. The molecule has 0 fully saturated rings. The molecule has 0 aromatic heterocycles. The number of anilines is 1. The van der Waals surface area contributed by atoms with Gasteiger partial charge in [-0.15, -0.1) is 0 Å². The Morgan fingerprint density at radius 3 is 2.47 bits per heavy atom. The van der Waals surface area contributed by atoms with E-state index in [0.29, 0.717) is 45.2 Å². The van der Waals surface area contributed by atoms with Gasteiger partial charge in [0.1, 0.15) is 30.6 Å². The number of halogens is 3. The molecule has 0 aliphatic carbocycles. The average molecular weight is 749 g/mol. The number of fused-ring (bicyclic) bond motifs is 1. The molecule has 0 bridgehead atoms. The van der Waals surface area contributed by atoms with Gasteiger partial charge in [0.2, 0.25) is 0 Å². The van der Waals surface area contributed by atoms with Gasteiger partial charge in [-0.25, -0.2) is 0 Å². The molecule has 1 N–H and O–H groups in total. The average Bonchev–Trinajstić information content (AvgIpc) is 3.03. The van der Waals surface area contributed by atoms with Crippen LogP contribution in [0, 0.1) is 21.8 Å². The molecule has 5 aromatic rings. The van der Waals surface area contributed by atoms with Gasteiger partial charge in [0.15, 0.2) is 11.5 Å². The van der Waals surface area contributed by atoms with Gasteiger partial charge in [-0.1, -0.05) is 65.7 Å². The molecular weight excluding hydrogens is 722 g/mol. The van der Waals surface area contributed by atoms with Crippen LogP contribution in [0.2, 0.25) is 10.0 Å². The van der Waals surface area contributed by atoms with Gasteiger partial charge in [0.05, 0.1) is 10.7 Å². The molecule has 0 heterocycles. The lowest BCUT2D eigenvalue weighted by atomic mass is 10.0. The number of benzene rings is 5. The van der Waals surface area contributed by atoms with Crippen LogP contribution in [0.4, 0.5) is 5.69 Å². The second-order valence-electron chi connectivity index (χ2n) is 10.1. The largest absolute Gasteiger partial charge is 0.493 e. The van der Waals surface area contributed by atoms with Gasteiger partial charge < -0.3 is 19.5 Å². The molecule has 0 spiro atoms. The van der Waals surface area contributed by atoms with E-state index in [2.05, 4.69) is 59.1 Å². The molecule has 0 atom stereocenters. The molecule has 226 valence electrons.